The van der Waals surface area contributed by atoms with Gasteiger partial charge < -0.3 is 19.9 Å². The van der Waals surface area contributed by atoms with E-state index in [4.69, 9.17) is 6.42 Å². The van der Waals surface area contributed by atoms with E-state index >= 15 is 0 Å². The van der Waals surface area contributed by atoms with Crippen LogP contribution in [0, 0.1) is 37.9 Å². The summed E-state index contributed by atoms with van der Waals surface area (Å²) in [6.07, 6.45) is 3.93. The van der Waals surface area contributed by atoms with Crippen molar-refractivity contribution in [3.63, 3.8) is 0 Å². The first-order chi connectivity index (χ1) is 22.1. The van der Waals surface area contributed by atoms with E-state index in [1.54, 1.807) is 33.8 Å². The molecule has 1 amide bonds. The lowest BCUT2D eigenvalue weighted by atomic mass is 9.92. The normalized spacial score (nSPS) is 14.7. The lowest BCUT2D eigenvalue weighted by molar-refractivity contribution is -0.139. The Morgan fingerprint density at radius 1 is 1.13 bits per heavy atom. The molecule has 4 rings (SSSR count). The smallest absolute Gasteiger partial charge is 0.416 e. The minimum atomic E-state index is -4.76. The van der Waals surface area contributed by atoms with E-state index in [1.807, 2.05) is 4.90 Å². The van der Waals surface area contributed by atoms with Gasteiger partial charge in [0.05, 0.1) is 18.0 Å². The number of hydrogen-bond acceptors (Lipinski definition) is 5. The number of carbonyl (C=O) groups excluding carboxylic acids is 1. The minimum absolute atomic E-state index is 0.0327. The number of nitrogens with zero attached hydrogens (tertiary/aromatic N) is 3. The fourth-order valence-electron chi connectivity index (χ4n) is 5.98. The van der Waals surface area contributed by atoms with Crippen LogP contribution in [0.1, 0.15) is 78.7 Å². The molecule has 3 heterocycles. The highest BCUT2D eigenvalue weighted by molar-refractivity contribution is 5.82. The number of carboxylic acids is 1. The molecule has 0 radical (unpaired) electrons. The van der Waals surface area contributed by atoms with Gasteiger partial charge in [-0.15, -0.1) is 6.42 Å². The van der Waals surface area contributed by atoms with Gasteiger partial charge in [0.1, 0.15) is 17.6 Å². The Morgan fingerprint density at radius 2 is 1.79 bits per heavy atom. The fraction of sp³-hybridized carbons (Fsp3) is 0.429. The number of halogens is 4. The second kappa shape index (κ2) is 14.5. The average molecular weight is 655 g/mol. The van der Waals surface area contributed by atoms with Gasteiger partial charge in [-0.1, -0.05) is 13.8 Å². The number of aromatic nitrogens is 2. The summed E-state index contributed by atoms with van der Waals surface area (Å²) in [6.45, 7) is 8.94. The maximum absolute atomic E-state index is 14.1. The third kappa shape index (κ3) is 8.46. The van der Waals surface area contributed by atoms with Crippen molar-refractivity contribution in [2.45, 2.75) is 71.6 Å². The zero-order valence-corrected chi connectivity index (χ0v) is 26.7. The number of rotatable bonds is 12. The fourth-order valence-corrected chi connectivity index (χ4v) is 5.98. The number of hydrogen-bond donors (Lipinski definition) is 2. The van der Waals surface area contributed by atoms with Crippen LogP contribution < -0.4 is 10.9 Å². The van der Waals surface area contributed by atoms with E-state index in [9.17, 15) is 37.1 Å². The predicted molar refractivity (Wildman–Crippen MR) is 169 cm³/mol. The van der Waals surface area contributed by atoms with Crippen molar-refractivity contribution in [3.05, 3.63) is 86.3 Å². The molecule has 1 aliphatic rings. The van der Waals surface area contributed by atoms with E-state index in [-0.39, 0.29) is 35.6 Å². The molecule has 0 aliphatic carbocycles. The van der Waals surface area contributed by atoms with E-state index in [2.05, 4.69) is 16.2 Å². The Labute approximate surface area is 270 Å². The van der Waals surface area contributed by atoms with Crippen LogP contribution in [0.2, 0.25) is 0 Å². The van der Waals surface area contributed by atoms with Gasteiger partial charge in [-0.2, -0.15) is 13.2 Å². The molecule has 2 aromatic heterocycles. The van der Waals surface area contributed by atoms with Crippen molar-refractivity contribution in [1.82, 2.24) is 19.8 Å². The number of nitrogens with one attached hydrogen (secondary N) is 1. The van der Waals surface area contributed by atoms with Crippen molar-refractivity contribution >= 4 is 11.9 Å². The molecule has 1 fully saturated rings. The highest BCUT2D eigenvalue weighted by Gasteiger charge is 2.36. The number of carboxylic acid groups (broad SMARTS) is 1. The van der Waals surface area contributed by atoms with Crippen molar-refractivity contribution in [3.8, 4) is 23.5 Å². The van der Waals surface area contributed by atoms with Gasteiger partial charge >= 0.3 is 12.1 Å². The molecule has 1 aromatic carbocycles. The summed E-state index contributed by atoms with van der Waals surface area (Å²) in [6, 6.07) is 2.42. The lowest BCUT2D eigenvalue weighted by Gasteiger charge is -2.31. The number of pyridine rings is 2. The molecular formula is C35H38F4N4O4. The molecule has 250 valence electrons. The van der Waals surface area contributed by atoms with E-state index < -0.39 is 53.5 Å². The van der Waals surface area contributed by atoms with Crippen LogP contribution in [-0.2, 0) is 22.2 Å². The molecule has 1 aliphatic heterocycles. The van der Waals surface area contributed by atoms with Gasteiger partial charge in [-0.05, 0) is 104 Å². The number of aliphatic carboxylic acids is 1. The zero-order chi connectivity index (χ0) is 34.6. The first-order valence-electron chi connectivity index (χ1n) is 15.4. The minimum Gasteiger partial charge on any atom is -0.481 e. The Balaban J connectivity index is 1.76. The molecule has 1 saturated heterocycles. The molecule has 8 nitrogen and oxygen atoms in total. The van der Waals surface area contributed by atoms with Crippen LogP contribution in [0.3, 0.4) is 0 Å². The molecule has 0 bridgehead atoms. The third-order valence-electron chi connectivity index (χ3n) is 8.36. The van der Waals surface area contributed by atoms with Crippen molar-refractivity contribution in [2.75, 3.05) is 19.6 Å². The lowest BCUT2D eigenvalue weighted by Crippen LogP contribution is -2.41. The maximum atomic E-state index is 14.1. The summed E-state index contributed by atoms with van der Waals surface area (Å²) in [5, 5.41) is 12.5. The van der Waals surface area contributed by atoms with Gasteiger partial charge in [0.25, 0.3) is 5.56 Å². The maximum Gasteiger partial charge on any atom is 0.416 e. The molecule has 3 aromatic rings. The SMILES string of the molecule is C#Cc1ncc(C(CC(=O)O)NC(=O)[C@@H](CC(C)C)n2cc(CCN3CCC3)c(C(F)(F)F)cc2=O)cc1-c1c(C)cc(F)cc1C. The summed E-state index contributed by atoms with van der Waals surface area (Å²) < 4.78 is 57.0. The van der Waals surface area contributed by atoms with Gasteiger partial charge in [0.15, 0.2) is 0 Å². The molecular weight excluding hydrogens is 616 g/mol. The highest BCUT2D eigenvalue weighted by Crippen LogP contribution is 2.34. The van der Waals surface area contributed by atoms with Crippen LogP contribution >= 0.6 is 0 Å². The van der Waals surface area contributed by atoms with Crippen molar-refractivity contribution in [2.24, 2.45) is 5.92 Å². The second-order valence-corrected chi connectivity index (χ2v) is 12.4. The molecule has 1 unspecified atom stereocenters. The number of amides is 1. The first kappa shape index (κ1) is 35.4. The van der Waals surface area contributed by atoms with Crippen LogP contribution in [0.15, 0.2) is 41.5 Å². The van der Waals surface area contributed by atoms with E-state index in [0.717, 1.165) is 30.3 Å². The summed E-state index contributed by atoms with van der Waals surface area (Å²) >= 11 is 0. The number of aryl methyl sites for hydroxylation is 2. The topological polar surface area (TPSA) is 105 Å². The standard InChI is InChI=1S/C35H38F4N4O4/c1-6-28-26(33-21(4)13-25(36)14-22(33)5)15-24(18-40-28)29(17-32(45)46)41-34(47)30(12-20(2)3)43-19-23(8-11-42-9-7-10-42)27(16-31(43)44)35(37,38)39/h1,13-16,18-20,29-30H,7-12,17H2,2-5H3,(H,41,47)(H,45,46)/t29?,30-/m1/s1. The average Bonchev–Trinajstić information content (AvgIpc) is 2.94. The molecule has 12 heteroatoms. The Kier molecular flexibility index (Phi) is 10.9. The predicted octanol–water partition coefficient (Wildman–Crippen LogP) is 5.83. The largest absolute Gasteiger partial charge is 0.481 e. The van der Waals surface area contributed by atoms with Gasteiger partial charge in [0.2, 0.25) is 5.91 Å². The number of carbonyl (C=O) groups is 2. The van der Waals surface area contributed by atoms with Crippen LogP contribution in [0.5, 0.6) is 0 Å². The van der Waals surface area contributed by atoms with Crippen molar-refractivity contribution < 1.29 is 32.3 Å². The van der Waals surface area contributed by atoms with E-state index in [1.165, 1.54) is 18.3 Å². The van der Waals surface area contributed by atoms with Crippen LogP contribution in [0.4, 0.5) is 17.6 Å². The molecule has 2 atom stereocenters. The van der Waals surface area contributed by atoms with Gasteiger partial charge in [-0.25, -0.2) is 9.37 Å². The summed E-state index contributed by atoms with van der Waals surface area (Å²) in [7, 11) is 0. The van der Waals surface area contributed by atoms with E-state index in [0.29, 0.717) is 34.9 Å². The van der Waals surface area contributed by atoms with Crippen LogP contribution in [-0.4, -0.2) is 51.1 Å². The highest BCUT2D eigenvalue weighted by atomic mass is 19.4. The third-order valence-corrected chi connectivity index (χ3v) is 8.36. The van der Waals surface area contributed by atoms with Gasteiger partial charge in [-0.3, -0.25) is 14.4 Å². The summed E-state index contributed by atoms with van der Waals surface area (Å²) in [5.74, 6) is -0.0858. The van der Waals surface area contributed by atoms with Crippen LogP contribution in [0.25, 0.3) is 11.1 Å². The number of benzene rings is 1. The molecule has 47 heavy (non-hydrogen) atoms. The summed E-state index contributed by atoms with van der Waals surface area (Å²) in [4.78, 5) is 45.5. The monoisotopic (exact) mass is 654 g/mol. The Bertz CT molecular complexity index is 1730. The molecule has 2 N–H and O–H groups in total. The first-order valence-corrected chi connectivity index (χ1v) is 15.4. The Hall–Kier alpha value is -4.50. The second-order valence-electron chi connectivity index (χ2n) is 12.4. The number of terminal acetylenes is 1. The Morgan fingerprint density at radius 3 is 2.32 bits per heavy atom. The molecule has 0 saturated carbocycles. The molecule has 0 spiro atoms. The number of alkyl halides is 3. The zero-order valence-electron chi connectivity index (χ0n) is 26.7. The summed E-state index contributed by atoms with van der Waals surface area (Å²) in [5.41, 5.74) is 0.568. The van der Waals surface area contributed by atoms with Gasteiger partial charge in [0, 0.05) is 30.6 Å². The van der Waals surface area contributed by atoms with Crippen molar-refractivity contribution in [1.29, 1.82) is 0 Å². The quantitative estimate of drug-likeness (QED) is 0.188. The number of likely N-dealkylation sites (tertiary alicyclic amines) is 1.